The van der Waals surface area contributed by atoms with Crippen LogP contribution in [-0.4, -0.2) is 31.2 Å². The first-order valence-corrected chi connectivity index (χ1v) is 2.41. The van der Waals surface area contributed by atoms with E-state index in [-0.39, 0.29) is 18.2 Å². The number of nitrogens with zero attached hydrogens (tertiary/aromatic N) is 3. The van der Waals surface area contributed by atoms with Crippen LogP contribution >= 0.6 is 12.4 Å². The fourth-order valence-electron chi connectivity index (χ4n) is 0.208. The van der Waals surface area contributed by atoms with E-state index in [1.54, 1.807) is 19.1 Å². The molecule has 0 aromatic rings. The second-order valence-corrected chi connectivity index (χ2v) is 1.65. The molecule has 0 aliphatic carbocycles. The van der Waals surface area contributed by atoms with Gasteiger partial charge in [0.25, 0.3) is 0 Å². The Kier molecular flexibility index (Phi) is 7.25. The zero-order chi connectivity index (χ0) is 7.28. The average Bonchev–Trinajstić information content (AvgIpc) is 1.83. The number of amidine groups is 1. The number of nitrogens with two attached hydrogens (primary N) is 2. The van der Waals surface area contributed by atoms with Gasteiger partial charge in [-0.2, -0.15) is 10.2 Å². The van der Waals surface area contributed by atoms with Crippen LogP contribution in [0.2, 0.25) is 0 Å². The van der Waals surface area contributed by atoms with Crippen LogP contribution in [-0.2, 0) is 0 Å². The zero-order valence-electron chi connectivity index (χ0n) is 5.98. The van der Waals surface area contributed by atoms with E-state index in [9.17, 15) is 0 Å². The molecule has 10 heavy (non-hydrogen) atoms. The molecule has 0 aliphatic heterocycles. The molecule has 0 amide bonds. The van der Waals surface area contributed by atoms with E-state index in [1.165, 1.54) is 6.21 Å². The van der Waals surface area contributed by atoms with E-state index in [0.29, 0.717) is 0 Å². The normalized spacial score (nSPS) is 11.2. The molecule has 60 valence electrons. The molecular weight excluding hydrogens is 154 g/mol. The third-order valence-corrected chi connectivity index (χ3v) is 0.570. The van der Waals surface area contributed by atoms with Gasteiger partial charge in [-0.3, -0.25) is 0 Å². The van der Waals surface area contributed by atoms with Crippen LogP contribution in [0.5, 0.6) is 0 Å². The Hall–Kier alpha value is -0.970. The molecular formula is C4H12ClN5. The number of hydrogen-bond donors (Lipinski definition) is 2. The van der Waals surface area contributed by atoms with Gasteiger partial charge in [0.05, 0.1) is 6.21 Å². The summed E-state index contributed by atoms with van der Waals surface area (Å²) in [5.74, 6) is 5.02. The number of hydrogen-bond acceptors (Lipinski definition) is 4. The molecule has 0 bridgehead atoms. The van der Waals surface area contributed by atoms with Gasteiger partial charge in [0, 0.05) is 14.1 Å². The lowest BCUT2D eigenvalue weighted by Crippen LogP contribution is -2.17. The lowest BCUT2D eigenvalue weighted by Gasteiger charge is -2.00. The quantitative estimate of drug-likeness (QED) is 0.243. The second-order valence-electron chi connectivity index (χ2n) is 1.65. The topological polar surface area (TPSA) is 80.0 Å². The van der Waals surface area contributed by atoms with Gasteiger partial charge in [0.1, 0.15) is 0 Å². The highest BCUT2D eigenvalue weighted by Crippen LogP contribution is 1.69. The lowest BCUT2D eigenvalue weighted by atomic mass is 10.7. The highest BCUT2D eigenvalue weighted by Gasteiger charge is 1.80. The van der Waals surface area contributed by atoms with Crippen LogP contribution in [0.1, 0.15) is 0 Å². The van der Waals surface area contributed by atoms with Crippen molar-refractivity contribution >= 4 is 24.5 Å². The zero-order valence-corrected chi connectivity index (χ0v) is 6.80. The first kappa shape index (κ1) is 11.8. The van der Waals surface area contributed by atoms with E-state index >= 15 is 0 Å². The van der Waals surface area contributed by atoms with Gasteiger partial charge in [-0.1, -0.05) is 0 Å². The minimum Gasteiger partial charge on any atom is -0.381 e. The summed E-state index contributed by atoms with van der Waals surface area (Å²) >= 11 is 0. The standard InChI is InChI=1S/C4H11N5.ClH/c1-9(2)7-3-4(5)8-6;/h3H,6H2,1-2H3,(H2,5,8);1H. The average molecular weight is 166 g/mol. The smallest absolute Gasteiger partial charge is 0.163 e. The highest BCUT2D eigenvalue weighted by atomic mass is 35.5. The van der Waals surface area contributed by atoms with Gasteiger partial charge in [-0.15, -0.1) is 12.4 Å². The van der Waals surface area contributed by atoms with E-state index < -0.39 is 0 Å². The van der Waals surface area contributed by atoms with Crippen molar-refractivity contribution in [2.45, 2.75) is 0 Å². The fourth-order valence-corrected chi connectivity index (χ4v) is 0.208. The molecule has 0 unspecified atom stereocenters. The molecule has 0 aromatic heterocycles. The van der Waals surface area contributed by atoms with E-state index in [1.807, 2.05) is 0 Å². The van der Waals surface area contributed by atoms with E-state index in [2.05, 4.69) is 10.2 Å². The molecule has 0 fully saturated rings. The summed E-state index contributed by atoms with van der Waals surface area (Å²) in [5.41, 5.74) is 5.17. The third kappa shape index (κ3) is 7.03. The third-order valence-electron chi connectivity index (χ3n) is 0.570. The lowest BCUT2D eigenvalue weighted by molar-refractivity contribution is 0.441. The molecule has 6 heteroatoms. The van der Waals surface area contributed by atoms with Gasteiger partial charge in [0.15, 0.2) is 5.84 Å². The largest absolute Gasteiger partial charge is 0.381 e. The van der Waals surface area contributed by atoms with Crippen molar-refractivity contribution in [1.82, 2.24) is 5.01 Å². The summed E-state index contributed by atoms with van der Waals surface area (Å²) in [6.45, 7) is 0. The Balaban J connectivity index is 0. The Morgan fingerprint density at radius 1 is 1.50 bits per heavy atom. The summed E-state index contributed by atoms with van der Waals surface area (Å²) in [5, 5.41) is 8.54. The summed E-state index contributed by atoms with van der Waals surface area (Å²) in [6.07, 6.45) is 1.38. The molecule has 5 nitrogen and oxygen atoms in total. The Morgan fingerprint density at radius 3 is 2.30 bits per heavy atom. The molecule has 0 rings (SSSR count). The summed E-state index contributed by atoms with van der Waals surface area (Å²) in [4.78, 5) is 0. The molecule has 0 radical (unpaired) electrons. The van der Waals surface area contributed by atoms with Crippen LogP contribution in [0, 0.1) is 0 Å². The van der Waals surface area contributed by atoms with Crippen molar-refractivity contribution < 1.29 is 0 Å². The maximum absolute atomic E-state index is 5.17. The molecule has 0 spiro atoms. The van der Waals surface area contributed by atoms with Crippen LogP contribution in [0.4, 0.5) is 0 Å². The van der Waals surface area contributed by atoms with Crippen molar-refractivity contribution in [2.24, 2.45) is 21.8 Å². The van der Waals surface area contributed by atoms with Gasteiger partial charge >= 0.3 is 0 Å². The van der Waals surface area contributed by atoms with Gasteiger partial charge in [-0.25, -0.2) is 0 Å². The number of rotatable bonds is 2. The molecule has 4 N–H and O–H groups in total. The maximum atomic E-state index is 5.17. The minimum atomic E-state index is 0. The fraction of sp³-hybridized carbons (Fsp3) is 0.500. The minimum absolute atomic E-state index is 0. The summed E-state index contributed by atoms with van der Waals surface area (Å²) in [6, 6.07) is 0. The van der Waals surface area contributed by atoms with Crippen molar-refractivity contribution in [3.8, 4) is 0 Å². The van der Waals surface area contributed by atoms with E-state index in [0.717, 1.165) is 0 Å². The Morgan fingerprint density at radius 2 is 2.00 bits per heavy atom. The molecule has 0 heterocycles. The molecule has 0 atom stereocenters. The first-order valence-electron chi connectivity index (χ1n) is 2.41. The Bertz CT molecular complexity index is 130. The maximum Gasteiger partial charge on any atom is 0.163 e. The molecule has 0 saturated heterocycles. The summed E-state index contributed by atoms with van der Waals surface area (Å²) < 4.78 is 0. The monoisotopic (exact) mass is 165 g/mol. The van der Waals surface area contributed by atoms with Crippen molar-refractivity contribution in [2.75, 3.05) is 14.1 Å². The van der Waals surface area contributed by atoms with Gasteiger partial charge < -0.3 is 16.6 Å². The molecule has 0 saturated carbocycles. The van der Waals surface area contributed by atoms with Gasteiger partial charge in [0.2, 0.25) is 0 Å². The number of hydrazone groups is 2. The van der Waals surface area contributed by atoms with Crippen LogP contribution < -0.4 is 11.6 Å². The van der Waals surface area contributed by atoms with Crippen molar-refractivity contribution in [1.29, 1.82) is 0 Å². The predicted octanol–water partition coefficient (Wildman–Crippen LogP) is -0.814. The van der Waals surface area contributed by atoms with Crippen LogP contribution in [0.25, 0.3) is 0 Å². The van der Waals surface area contributed by atoms with Crippen molar-refractivity contribution in [3.63, 3.8) is 0 Å². The van der Waals surface area contributed by atoms with Crippen LogP contribution in [0.3, 0.4) is 0 Å². The van der Waals surface area contributed by atoms with Crippen molar-refractivity contribution in [3.05, 3.63) is 0 Å². The van der Waals surface area contributed by atoms with Gasteiger partial charge in [-0.05, 0) is 0 Å². The number of halogens is 1. The first-order chi connectivity index (χ1) is 4.16. The molecule has 0 aromatic carbocycles. The van der Waals surface area contributed by atoms with Crippen LogP contribution in [0.15, 0.2) is 10.2 Å². The Labute approximate surface area is 66.2 Å². The summed E-state index contributed by atoms with van der Waals surface area (Å²) in [7, 11) is 3.56. The van der Waals surface area contributed by atoms with E-state index in [4.69, 9.17) is 11.6 Å². The SMILES string of the molecule is CN(C)N=CC(N)=NN.Cl. The predicted molar refractivity (Wildman–Crippen MR) is 45.2 cm³/mol. The molecule has 0 aliphatic rings. The second kappa shape index (κ2) is 6.15. The highest BCUT2D eigenvalue weighted by molar-refractivity contribution is 6.28.